The van der Waals surface area contributed by atoms with Crippen molar-refractivity contribution in [3.05, 3.63) is 34.9 Å². The molecule has 0 saturated heterocycles. The Morgan fingerprint density at radius 2 is 1.20 bits per heavy atom. The van der Waals surface area contributed by atoms with Gasteiger partial charge in [0.15, 0.2) is 0 Å². The highest BCUT2D eigenvalue weighted by atomic mass is 16.5. The normalized spacial score (nSPS) is 30.4. The molecule has 1 aromatic carbocycles. The van der Waals surface area contributed by atoms with Crippen molar-refractivity contribution in [2.75, 3.05) is 6.61 Å². The molecule has 2 heteroatoms. The summed E-state index contributed by atoms with van der Waals surface area (Å²) in [5, 5.41) is 0. The van der Waals surface area contributed by atoms with Gasteiger partial charge in [0.05, 0.1) is 18.8 Å². The van der Waals surface area contributed by atoms with Crippen molar-refractivity contribution in [1.82, 2.24) is 0 Å². The Hall–Kier alpha value is -0.860. The van der Waals surface area contributed by atoms with Crippen LogP contribution in [0.2, 0.25) is 0 Å². The van der Waals surface area contributed by atoms with E-state index in [9.17, 15) is 0 Å². The summed E-state index contributed by atoms with van der Waals surface area (Å²) in [6.45, 7) is 8.10. The maximum Gasteiger partial charge on any atom is 0.0720 e. The molecule has 2 nitrogen and oxygen atoms in total. The lowest BCUT2D eigenvalue weighted by atomic mass is 9.72. The predicted molar refractivity (Wildman–Crippen MR) is 104 cm³/mol. The van der Waals surface area contributed by atoms with Crippen molar-refractivity contribution < 1.29 is 9.47 Å². The van der Waals surface area contributed by atoms with Crippen LogP contribution in [0.5, 0.6) is 0 Å². The van der Waals surface area contributed by atoms with E-state index >= 15 is 0 Å². The highest BCUT2D eigenvalue weighted by Gasteiger charge is 2.31. The van der Waals surface area contributed by atoms with Crippen LogP contribution in [0.15, 0.2) is 18.2 Å². The van der Waals surface area contributed by atoms with Crippen LogP contribution in [0, 0.1) is 25.7 Å². The summed E-state index contributed by atoms with van der Waals surface area (Å²) in [4.78, 5) is 0. The summed E-state index contributed by atoms with van der Waals surface area (Å²) in [6, 6.07) is 6.75. The van der Waals surface area contributed by atoms with Gasteiger partial charge in [0.1, 0.15) is 0 Å². The first-order valence-corrected chi connectivity index (χ1v) is 10.4. The van der Waals surface area contributed by atoms with Gasteiger partial charge >= 0.3 is 0 Å². The summed E-state index contributed by atoms with van der Waals surface area (Å²) in [5.41, 5.74) is 4.00. The van der Waals surface area contributed by atoms with Crippen molar-refractivity contribution >= 4 is 0 Å². The lowest BCUT2D eigenvalue weighted by Gasteiger charge is -2.37. The Kier molecular flexibility index (Phi) is 6.95. The third kappa shape index (κ3) is 5.56. The summed E-state index contributed by atoms with van der Waals surface area (Å²) >= 11 is 0. The van der Waals surface area contributed by atoms with Gasteiger partial charge < -0.3 is 9.47 Å². The Morgan fingerprint density at radius 1 is 0.720 bits per heavy atom. The molecule has 0 N–H and O–H groups in total. The van der Waals surface area contributed by atoms with E-state index in [0.717, 1.165) is 25.0 Å². The van der Waals surface area contributed by atoms with E-state index in [1.165, 1.54) is 68.1 Å². The third-order valence-corrected chi connectivity index (χ3v) is 6.27. The highest BCUT2D eigenvalue weighted by Crippen LogP contribution is 2.39. The predicted octanol–water partition coefficient (Wildman–Crippen LogP) is 5.97. The molecule has 2 aliphatic carbocycles. The largest absolute Gasteiger partial charge is 0.379 e. The minimum Gasteiger partial charge on any atom is -0.379 e. The molecule has 2 saturated carbocycles. The van der Waals surface area contributed by atoms with Gasteiger partial charge in [-0.3, -0.25) is 0 Å². The third-order valence-electron chi connectivity index (χ3n) is 6.27. The molecular formula is C23H36O2. The van der Waals surface area contributed by atoms with Gasteiger partial charge in [-0.25, -0.2) is 0 Å². The van der Waals surface area contributed by atoms with Crippen LogP contribution in [-0.4, -0.2) is 18.8 Å². The zero-order chi connectivity index (χ0) is 17.6. The number of hydrogen-bond donors (Lipinski definition) is 0. The molecule has 3 rings (SSSR count). The molecule has 1 aromatic rings. The highest BCUT2D eigenvalue weighted by molar-refractivity contribution is 5.28. The summed E-state index contributed by atoms with van der Waals surface area (Å²) < 4.78 is 12.0. The molecule has 0 spiro atoms. The Bertz CT molecular complexity index is 503. The van der Waals surface area contributed by atoms with E-state index in [1.807, 2.05) is 0 Å². The average Bonchev–Trinajstić information content (AvgIpc) is 2.61. The minimum absolute atomic E-state index is 0.469. The smallest absolute Gasteiger partial charge is 0.0720 e. The fourth-order valence-electron chi connectivity index (χ4n) is 5.06. The molecule has 2 aliphatic rings. The SMILES string of the molecule is CCOC1CCC(C2CCC(OCc3cc(C)cc(C)c3)CC2)CC1. The summed E-state index contributed by atoms with van der Waals surface area (Å²) in [7, 11) is 0. The molecule has 0 bridgehead atoms. The molecule has 0 aliphatic heterocycles. The second-order valence-corrected chi connectivity index (χ2v) is 8.34. The van der Waals surface area contributed by atoms with Crippen LogP contribution >= 0.6 is 0 Å². The van der Waals surface area contributed by atoms with Crippen LogP contribution < -0.4 is 0 Å². The number of rotatable bonds is 6. The average molecular weight is 345 g/mol. The van der Waals surface area contributed by atoms with Gasteiger partial charge in [0.2, 0.25) is 0 Å². The van der Waals surface area contributed by atoms with Crippen LogP contribution in [0.1, 0.15) is 75.0 Å². The standard InChI is InChI=1S/C23H36O2/c1-4-24-22-9-5-20(6-10-22)21-7-11-23(12-8-21)25-16-19-14-17(2)13-18(3)15-19/h13-15,20-23H,4-12,16H2,1-3H3. The molecule has 2 fully saturated rings. The van der Waals surface area contributed by atoms with E-state index in [4.69, 9.17) is 9.47 Å². The molecule has 0 heterocycles. The maximum absolute atomic E-state index is 6.24. The maximum atomic E-state index is 6.24. The minimum atomic E-state index is 0.469. The Labute approximate surface area is 154 Å². The van der Waals surface area contributed by atoms with Gasteiger partial charge in [0.25, 0.3) is 0 Å². The molecule has 0 radical (unpaired) electrons. The lowest BCUT2D eigenvalue weighted by molar-refractivity contribution is -0.0139. The van der Waals surface area contributed by atoms with Crippen molar-refractivity contribution in [1.29, 1.82) is 0 Å². The molecule has 25 heavy (non-hydrogen) atoms. The van der Waals surface area contributed by atoms with Gasteiger partial charge in [-0.15, -0.1) is 0 Å². The lowest BCUT2D eigenvalue weighted by Crippen LogP contribution is -2.30. The van der Waals surface area contributed by atoms with Gasteiger partial charge in [-0.2, -0.15) is 0 Å². The molecule has 140 valence electrons. The van der Waals surface area contributed by atoms with E-state index in [2.05, 4.69) is 39.0 Å². The summed E-state index contributed by atoms with van der Waals surface area (Å²) in [6.07, 6.45) is 11.6. The molecule has 0 amide bonds. The van der Waals surface area contributed by atoms with Crippen molar-refractivity contribution in [2.24, 2.45) is 11.8 Å². The van der Waals surface area contributed by atoms with E-state index in [0.29, 0.717) is 12.2 Å². The quantitative estimate of drug-likeness (QED) is 0.632. The second kappa shape index (κ2) is 9.19. The molecule has 0 atom stereocenters. The van der Waals surface area contributed by atoms with E-state index in [-0.39, 0.29) is 0 Å². The zero-order valence-electron chi connectivity index (χ0n) is 16.4. The van der Waals surface area contributed by atoms with Crippen LogP contribution in [0.3, 0.4) is 0 Å². The van der Waals surface area contributed by atoms with Crippen LogP contribution in [-0.2, 0) is 16.1 Å². The molecular weight excluding hydrogens is 308 g/mol. The number of aryl methyl sites for hydroxylation is 2. The molecule has 0 aromatic heterocycles. The van der Waals surface area contributed by atoms with Gasteiger partial charge in [0, 0.05) is 6.61 Å². The zero-order valence-corrected chi connectivity index (χ0v) is 16.4. The topological polar surface area (TPSA) is 18.5 Å². The van der Waals surface area contributed by atoms with Gasteiger partial charge in [-0.05, 0) is 89.5 Å². The molecule has 0 unspecified atom stereocenters. The van der Waals surface area contributed by atoms with Gasteiger partial charge in [-0.1, -0.05) is 29.3 Å². The first-order chi connectivity index (χ1) is 12.1. The number of hydrogen-bond acceptors (Lipinski definition) is 2. The van der Waals surface area contributed by atoms with Crippen molar-refractivity contribution in [3.63, 3.8) is 0 Å². The summed E-state index contributed by atoms with van der Waals surface area (Å²) in [5.74, 6) is 1.88. The second-order valence-electron chi connectivity index (χ2n) is 8.34. The first-order valence-electron chi connectivity index (χ1n) is 10.4. The Morgan fingerprint density at radius 3 is 1.68 bits per heavy atom. The van der Waals surface area contributed by atoms with E-state index < -0.39 is 0 Å². The number of ether oxygens (including phenoxy) is 2. The van der Waals surface area contributed by atoms with Crippen LogP contribution in [0.4, 0.5) is 0 Å². The van der Waals surface area contributed by atoms with E-state index in [1.54, 1.807) is 0 Å². The number of benzene rings is 1. The first kappa shape index (κ1) is 18.9. The monoisotopic (exact) mass is 344 g/mol. The van der Waals surface area contributed by atoms with Crippen LogP contribution in [0.25, 0.3) is 0 Å². The van der Waals surface area contributed by atoms with Crippen molar-refractivity contribution in [3.8, 4) is 0 Å². The van der Waals surface area contributed by atoms with Crippen molar-refractivity contribution in [2.45, 2.75) is 91.0 Å². The fourth-order valence-corrected chi connectivity index (χ4v) is 5.06. The fraction of sp³-hybridized carbons (Fsp3) is 0.739. The Balaban J connectivity index is 1.39.